The maximum absolute atomic E-state index is 11.2. The van der Waals surface area contributed by atoms with Crippen molar-refractivity contribution in [3.8, 4) is 0 Å². The fourth-order valence-corrected chi connectivity index (χ4v) is 2.48. The first-order valence-corrected chi connectivity index (χ1v) is 6.13. The molecule has 1 fully saturated rings. The first-order valence-electron chi connectivity index (χ1n) is 6.13. The van der Waals surface area contributed by atoms with Gasteiger partial charge in [0, 0.05) is 30.4 Å². The SMILES string of the molecule is NC(=O)C1CCN(c2ccc3cccnc3c2)C1. The van der Waals surface area contributed by atoms with Crippen molar-refractivity contribution in [2.75, 3.05) is 18.0 Å². The Hall–Kier alpha value is -2.10. The highest BCUT2D eigenvalue weighted by Crippen LogP contribution is 2.26. The molecule has 1 saturated heterocycles. The van der Waals surface area contributed by atoms with Crippen LogP contribution < -0.4 is 10.6 Å². The van der Waals surface area contributed by atoms with Crippen LogP contribution in [0.4, 0.5) is 5.69 Å². The molecular formula is C14H15N3O. The van der Waals surface area contributed by atoms with Gasteiger partial charge in [-0.2, -0.15) is 0 Å². The molecule has 0 aliphatic carbocycles. The molecule has 0 saturated carbocycles. The number of amides is 1. The summed E-state index contributed by atoms with van der Waals surface area (Å²) in [6.07, 6.45) is 2.64. The minimum absolute atomic E-state index is 0.0237. The summed E-state index contributed by atoms with van der Waals surface area (Å²) < 4.78 is 0. The molecule has 18 heavy (non-hydrogen) atoms. The number of hydrogen-bond acceptors (Lipinski definition) is 3. The number of hydrogen-bond donors (Lipinski definition) is 1. The molecule has 0 spiro atoms. The fourth-order valence-electron chi connectivity index (χ4n) is 2.48. The van der Waals surface area contributed by atoms with Gasteiger partial charge < -0.3 is 10.6 Å². The molecule has 4 nitrogen and oxygen atoms in total. The van der Waals surface area contributed by atoms with Crippen LogP contribution in [0.2, 0.25) is 0 Å². The molecule has 1 aromatic heterocycles. The van der Waals surface area contributed by atoms with Crippen molar-refractivity contribution in [1.29, 1.82) is 0 Å². The molecule has 1 aliphatic heterocycles. The highest BCUT2D eigenvalue weighted by atomic mass is 16.1. The van der Waals surface area contributed by atoms with Gasteiger partial charge in [0.2, 0.25) is 5.91 Å². The number of nitrogens with two attached hydrogens (primary N) is 1. The molecule has 1 amide bonds. The topological polar surface area (TPSA) is 59.2 Å². The van der Waals surface area contributed by atoms with Crippen LogP contribution in [0, 0.1) is 5.92 Å². The Bertz CT molecular complexity index is 596. The van der Waals surface area contributed by atoms with E-state index in [1.165, 1.54) is 0 Å². The summed E-state index contributed by atoms with van der Waals surface area (Å²) in [5.74, 6) is -0.221. The minimum atomic E-state index is -0.198. The van der Waals surface area contributed by atoms with Crippen molar-refractivity contribution in [3.05, 3.63) is 36.5 Å². The molecule has 1 aliphatic rings. The normalized spacial score (nSPS) is 19.3. The van der Waals surface area contributed by atoms with Crippen molar-refractivity contribution in [3.63, 3.8) is 0 Å². The van der Waals surface area contributed by atoms with Gasteiger partial charge in [-0.15, -0.1) is 0 Å². The largest absolute Gasteiger partial charge is 0.371 e. The molecule has 4 heteroatoms. The lowest BCUT2D eigenvalue weighted by Crippen LogP contribution is -2.27. The number of benzene rings is 1. The summed E-state index contributed by atoms with van der Waals surface area (Å²) in [6, 6.07) is 10.2. The summed E-state index contributed by atoms with van der Waals surface area (Å²) in [5, 5.41) is 1.13. The summed E-state index contributed by atoms with van der Waals surface area (Å²) in [5.41, 5.74) is 7.45. The fraction of sp³-hybridized carbons (Fsp3) is 0.286. The zero-order valence-corrected chi connectivity index (χ0v) is 10.0. The number of rotatable bonds is 2. The Kier molecular flexibility index (Phi) is 2.63. The van der Waals surface area contributed by atoms with Crippen LogP contribution >= 0.6 is 0 Å². The van der Waals surface area contributed by atoms with E-state index in [1.807, 2.05) is 12.1 Å². The monoisotopic (exact) mass is 241 g/mol. The van der Waals surface area contributed by atoms with Crippen molar-refractivity contribution < 1.29 is 4.79 Å². The van der Waals surface area contributed by atoms with Crippen LogP contribution in [0.3, 0.4) is 0 Å². The number of aromatic nitrogens is 1. The van der Waals surface area contributed by atoms with Gasteiger partial charge >= 0.3 is 0 Å². The number of anilines is 1. The van der Waals surface area contributed by atoms with Crippen LogP contribution in [0.5, 0.6) is 0 Å². The van der Waals surface area contributed by atoms with E-state index in [4.69, 9.17) is 5.73 Å². The second-order valence-corrected chi connectivity index (χ2v) is 4.71. The van der Waals surface area contributed by atoms with Crippen molar-refractivity contribution in [2.45, 2.75) is 6.42 Å². The second-order valence-electron chi connectivity index (χ2n) is 4.71. The Morgan fingerprint density at radius 3 is 3.06 bits per heavy atom. The summed E-state index contributed by atoms with van der Waals surface area (Å²) in [7, 11) is 0. The Labute approximate surface area is 105 Å². The lowest BCUT2D eigenvalue weighted by atomic mass is 10.1. The zero-order chi connectivity index (χ0) is 12.5. The molecule has 2 heterocycles. The maximum Gasteiger partial charge on any atom is 0.222 e. The Morgan fingerprint density at radius 1 is 1.39 bits per heavy atom. The third kappa shape index (κ3) is 1.90. The molecule has 92 valence electrons. The molecule has 1 unspecified atom stereocenters. The number of pyridine rings is 1. The molecular weight excluding hydrogens is 226 g/mol. The predicted octanol–water partition coefficient (Wildman–Crippen LogP) is 1.55. The summed E-state index contributed by atoms with van der Waals surface area (Å²) in [6.45, 7) is 1.60. The van der Waals surface area contributed by atoms with E-state index in [2.05, 4.69) is 28.1 Å². The van der Waals surface area contributed by atoms with Gasteiger partial charge in [-0.05, 0) is 24.6 Å². The van der Waals surface area contributed by atoms with E-state index in [-0.39, 0.29) is 11.8 Å². The Balaban J connectivity index is 1.89. The highest BCUT2D eigenvalue weighted by Gasteiger charge is 2.26. The van der Waals surface area contributed by atoms with Gasteiger partial charge in [-0.3, -0.25) is 9.78 Å². The number of nitrogens with zero attached hydrogens (tertiary/aromatic N) is 2. The molecule has 2 N–H and O–H groups in total. The van der Waals surface area contributed by atoms with E-state index < -0.39 is 0 Å². The summed E-state index contributed by atoms with van der Waals surface area (Å²) >= 11 is 0. The van der Waals surface area contributed by atoms with E-state index in [0.29, 0.717) is 6.54 Å². The van der Waals surface area contributed by atoms with Crippen molar-refractivity contribution >= 4 is 22.5 Å². The van der Waals surface area contributed by atoms with Gasteiger partial charge in [0.25, 0.3) is 0 Å². The first kappa shape index (κ1) is 11.0. The number of carbonyl (C=O) groups excluding carboxylic acids is 1. The van der Waals surface area contributed by atoms with Crippen molar-refractivity contribution in [1.82, 2.24) is 4.98 Å². The number of primary amides is 1. The third-order valence-corrected chi connectivity index (χ3v) is 3.55. The maximum atomic E-state index is 11.2. The molecule has 3 rings (SSSR count). The lowest BCUT2D eigenvalue weighted by Gasteiger charge is -2.18. The zero-order valence-electron chi connectivity index (χ0n) is 10.0. The van der Waals surface area contributed by atoms with Gasteiger partial charge in [-0.25, -0.2) is 0 Å². The smallest absolute Gasteiger partial charge is 0.222 e. The molecule has 0 bridgehead atoms. The third-order valence-electron chi connectivity index (χ3n) is 3.55. The molecule has 1 atom stereocenters. The molecule has 1 aromatic carbocycles. The quantitative estimate of drug-likeness (QED) is 0.867. The highest BCUT2D eigenvalue weighted by molar-refractivity contribution is 5.83. The van der Waals surface area contributed by atoms with Gasteiger partial charge in [0.05, 0.1) is 11.4 Å². The first-order chi connectivity index (χ1) is 8.74. The summed E-state index contributed by atoms with van der Waals surface area (Å²) in [4.78, 5) is 17.7. The van der Waals surface area contributed by atoms with Gasteiger partial charge in [0.15, 0.2) is 0 Å². The molecule has 2 aromatic rings. The van der Waals surface area contributed by atoms with Crippen LogP contribution in [0.1, 0.15) is 6.42 Å². The number of carbonyl (C=O) groups is 1. The van der Waals surface area contributed by atoms with Gasteiger partial charge in [0.1, 0.15) is 0 Å². The van der Waals surface area contributed by atoms with E-state index in [0.717, 1.165) is 29.6 Å². The van der Waals surface area contributed by atoms with Crippen LogP contribution in [0.25, 0.3) is 10.9 Å². The van der Waals surface area contributed by atoms with Crippen molar-refractivity contribution in [2.24, 2.45) is 11.7 Å². The molecule has 0 radical (unpaired) electrons. The minimum Gasteiger partial charge on any atom is -0.371 e. The standard InChI is InChI=1S/C14H15N3O/c15-14(18)11-5-7-17(9-11)12-4-3-10-2-1-6-16-13(10)8-12/h1-4,6,8,11H,5,7,9H2,(H2,15,18). The predicted molar refractivity (Wildman–Crippen MR) is 71.3 cm³/mol. The average molecular weight is 241 g/mol. The van der Waals surface area contributed by atoms with Crippen LogP contribution in [-0.4, -0.2) is 24.0 Å². The number of fused-ring (bicyclic) bond motifs is 1. The van der Waals surface area contributed by atoms with E-state index in [9.17, 15) is 4.79 Å². The van der Waals surface area contributed by atoms with Crippen LogP contribution in [-0.2, 0) is 4.79 Å². The lowest BCUT2D eigenvalue weighted by molar-refractivity contribution is -0.121. The second kappa shape index (κ2) is 4.29. The van der Waals surface area contributed by atoms with Crippen LogP contribution in [0.15, 0.2) is 36.5 Å². The van der Waals surface area contributed by atoms with Gasteiger partial charge in [-0.1, -0.05) is 12.1 Å². The van der Waals surface area contributed by atoms with E-state index >= 15 is 0 Å². The Morgan fingerprint density at radius 2 is 2.28 bits per heavy atom. The van der Waals surface area contributed by atoms with E-state index in [1.54, 1.807) is 6.20 Å². The average Bonchev–Trinajstić information content (AvgIpc) is 2.88.